The second-order valence-corrected chi connectivity index (χ2v) is 10.8. The van der Waals surface area contributed by atoms with Crippen molar-refractivity contribution in [2.45, 2.75) is 26.7 Å². The highest BCUT2D eigenvalue weighted by atomic mass is 16.3. The first-order valence-corrected chi connectivity index (χ1v) is 14.2. The van der Waals surface area contributed by atoms with Gasteiger partial charge in [0, 0.05) is 11.5 Å². The lowest BCUT2D eigenvalue weighted by atomic mass is 9.75. The summed E-state index contributed by atoms with van der Waals surface area (Å²) in [6.07, 6.45) is 0. The Hall–Kier alpha value is -4.88. The highest BCUT2D eigenvalue weighted by Crippen LogP contribution is 2.48. The second-order valence-electron chi connectivity index (χ2n) is 10.8. The molecule has 0 aliphatic carbocycles. The third-order valence-corrected chi connectivity index (χ3v) is 8.22. The summed E-state index contributed by atoms with van der Waals surface area (Å²) >= 11 is 0. The van der Waals surface area contributed by atoms with E-state index in [9.17, 15) is 5.11 Å². The Morgan fingerprint density at radius 3 is 1.15 bits per heavy atom. The van der Waals surface area contributed by atoms with Gasteiger partial charge in [0.25, 0.3) is 0 Å². The molecule has 0 fully saturated rings. The van der Waals surface area contributed by atoms with Crippen molar-refractivity contribution in [2.75, 3.05) is 0 Å². The van der Waals surface area contributed by atoms with Crippen molar-refractivity contribution in [3.63, 3.8) is 0 Å². The maximum atomic E-state index is 11.8. The number of phenols is 1. The van der Waals surface area contributed by atoms with Crippen LogP contribution in [0.2, 0.25) is 0 Å². The standard InChI is InChI=1S/C40H34O/c1-27-15-4-7-18-30(27)33-21-10-12-23-36(33)39(37-24-13-11-22-34(37)31-19-8-5-16-28(31)2)40-35(25-14-26-38(40)41)32-20-9-6-17-29(32)3/h4-26,39,41H,1-3H3. The van der Waals surface area contributed by atoms with E-state index in [1.54, 1.807) is 0 Å². The van der Waals surface area contributed by atoms with Crippen molar-refractivity contribution in [1.82, 2.24) is 0 Å². The molecule has 6 rings (SSSR count). The van der Waals surface area contributed by atoms with Crippen molar-refractivity contribution in [2.24, 2.45) is 0 Å². The van der Waals surface area contributed by atoms with Gasteiger partial charge in [0.05, 0.1) is 0 Å². The molecule has 6 aromatic rings. The third kappa shape index (κ3) is 4.96. The van der Waals surface area contributed by atoms with Crippen molar-refractivity contribution in [1.29, 1.82) is 0 Å². The van der Waals surface area contributed by atoms with Gasteiger partial charge in [0.2, 0.25) is 0 Å². The summed E-state index contributed by atoms with van der Waals surface area (Å²) in [5.41, 5.74) is 13.8. The summed E-state index contributed by atoms with van der Waals surface area (Å²) in [5, 5.41) is 11.8. The fourth-order valence-corrected chi connectivity index (χ4v) is 6.18. The molecule has 1 heteroatoms. The van der Waals surface area contributed by atoms with Crippen LogP contribution in [0.15, 0.2) is 140 Å². The summed E-state index contributed by atoms with van der Waals surface area (Å²) < 4.78 is 0. The van der Waals surface area contributed by atoms with Crippen LogP contribution in [-0.2, 0) is 0 Å². The molecule has 0 amide bonds. The first-order chi connectivity index (χ1) is 20.0. The van der Waals surface area contributed by atoms with Crippen molar-refractivity contribution in [3.05, 3.63) is 173 Å². The number of hydrogen-bond acceptors (Lipinski definition) is 1. The van der Waals surface area contributed by atoms with Crippen LogP contribution in [-0.4, -0.2) is 5.11 Å². The monoisotopic (exact) mass is 530 g/mol. The Kier molecular flexibility index (Phi) is 7.27. The Morgan fingerprint density at radius 2 is 0.707 bits per heavy atom. The summed E-state index contributed by atoms with van der Waals surface area (Å²) in [6, 6.07) is 48.9. The van der Waals surface area contributed by atoms with Crippen LogP contribution < -0.4 is 0 Å². The molecule has 1 N–H and O–H groups in total. The molecule has 41 heavy (non-hydrogen) atoms. The average molecular weight is 531 g/mol. The Bertz CT molecular complexity index is 1760. The van der Waals surface area contributed by atoms with E-state index < -0.39 is 0 Å². The topological polar surface area (TPSA) is 20.2 Å². The molecular weight excluding hydrogens is 496 g/mol. The molecule has 0 atom stereocenters. The summed E-state index contributed by atoms with van der Waals surface area (Å²) in [6.45, 7) is 6.48. The number of phenolic OH excluding ortho intramolecular Hbond substituents is 1. The van der Waals surface area contributed by atoms with E-state index >= 15 is 0 Å². The second kappa shape index (κ2) is 11.3. The van der Waals surface area contributed by atoms with Crippen LogP contribution in [0.4, 0.5) is 0 Å². The molecule has 6 aromatic carbocycles. The zero-order chi connectivity index (χ0) is 28.3. The Morgan fingerprint density at radius 1 is 0.366 bits per heavy atom. The first kappa shape index (κ1) is 26.3. The fraction of sp³-hybridized carbons (Fsp3) is 0.100. The van der Waals surface area contributed by atoms with Gasteiger partial charge in [-0.1, -0.05) is 133 Å². The largest absolute Gasteiger partial charge is 0.508 e. The quantitative estimate of drug-likeness (QED) is 0.212. The molecule has 0 aliphatic rings. The SMILES string of the molecule is Cc1ccccc1-c1ccccc1C(c1ccccc1-c1ccccc1C)c1c(O)cccc1-c1ccccc1C. The smallest absolute Gasteiger partial charge is 0.120 e. The number of aryl methyl sites for hydroxylation is 3. The maximum Gasteiger partial charge on any atom is 0.120 e. The normalized spacial score (nSPS) is 11.1. The van der Waals surface area contributed by atoms with Gasteiger partial charge in [-0.15, -0.1) is 0 Å². The van der Waals surface area contributed by atoms with Crippen molar-refractivity contribution in [3.8, 4) is 39.1 Å². The minimum absolute atomic E-state index is 0.225. The molecule has 0 heterocycles. The summed E-state index contributed by atoms with van der Waals surface area (Å²) in [5.74, 6) is 0.0762. The number of aromatic hydroxyl groups is 1. The van der Waals surface area contributed by atoms with Gasteiger partial charge < -0.3 is 5.11 Å². The molecule has 0 spiro atoms. The molecule has 0 radical (unpaired) electrons. The van der Waals surface area contributed by atoms with Gasteiger partial charge in [-0.2, -0.15) is 0 Å². The van der Waals surface area contributed by atoms with E-state index in [1.807, 2.05) is 12.1 Å². The number of rotatable bonds is 6. The molecule has 0 aliphatic heterocycles. The van der Waals surface area contributed by atoms with Gasteiger partial charge in [-0.25, -0.2) is 0 Å². The molecular formula is C40H34O. The van der Waals surface area contributed by atoms with E-state index in [4.69, 9.17) is 0 Å². The van der Waals surface area contributed by atoms with Crippen LogP contribution in [0.3, 0.4) is 0 Å². The van der Waals surface area contributed by atoms with E-state index in [-0.39, 0.29) is 5.92 Å². The van der Waals surface area contributed by atoms with Gasteiger partial charge in [0.1, 0.15) is 5.75 Å². The zero-order valence-electron chi connectivity index (χ0n) is 23.8. The first-order valence-electron chi connectivity index (χ1n) is 14.2. The maximum absolute atomic E-state index is 11.8. The molecule has 0 saturated carbocycles. The lowest BCUT2D eigenvalue weighted by molar-refractivity contribution is 0.467. The number of benzene rings is 6. The third-order valence-electron chi connectivity index (χ3n) is 8.22. The molecule has 0 saturated heterocycles. The Balaban J connectivity index is 1.73. The van der Waals surface area contributed by atoms with Crippen LogP contribution in [0, 0.1) is 20.8 Å². The van der Waals surface area contributed by atoms with Gasteiger partial charge in [0.15, 0.2) is 0 Å². The molecule has 0 bridgehead atoms. The van der Waals surface area contributed by atoms with Crippen LogP contribution >= 0.6 is 0 Å². The molecule has 0 unspecified atom stereocenters. The minimum Gasteiger partial charge on any atom is -0.508 e. The summed E-state index contributed by atoms with van der Waals surface area (Å²) in [4.78, 5) is 0. The fourth-order valence-electron chi connectivity index (χ4n) is 6.18. The van der Waals surface area contributed by atoms with E-state index in [2.05, 4.69) is 148 Å². The van der Waals surface area contributed by atoms with Crippen LogP contribution in [0.25, 0.3) is 33.4 Å². The van der Waals surface area contributed by atoms with Crippen LogP contribution in [0.5, 0.6) is 5.75 Å². The summed E-state index contributed by atoms with van der Waals surface area (Å²) in [7, 11) is 0. The molecule has 0 aromatic heterocycles. The van der Waals surface area contributed by atoms with Gasteiger partial charge >= 0.3 is 0 Å². The van der Waals surface area contributed by atoms with Crippen LogP contribution in [0.1, 0.15) is 39.3 Å². The number of hydrogen-bond donors (Lipinski definition) is 1. The predicted molar refractivity (Wildman–Crippen MR) is 172 cm³/mol. The average Bonchev–Trinajstić information content (AvgIpc) is 3.00. The van der Waals surface area contributed by atoms with Crippen molar-refractivity contribution < 1.29 is 5.11 Å². The van der Waals surface area contributed by atoms with Gasteiger partial charge in [-0.3, -0.25) is 0 Å². The highest BCUT2D eigenvalue weighted by molar-refractivity contribution is 5.82. The predicted octanol–water partition coefficient (Wildman–Crippen LogP) is 10.5. The van der Waals surface area contributed by atoms with E-state index in [0.717, 1.165) is 16.7 Å². The highest BCUT2D eigenvalue weighted by Gasteiger charge is 2.29. The van der Waals surface area contributed by atoms with Gasteiger partial charge in [-0.05, 0) is 88.0 Å². The lowest BCUT2D eigenvalue weighted by Crippen LogP contribution is -2.10. The zero-order valence-corrected chi connectivity index (χ0v) is 23.8. The van der Waals surface area contributed by atoms with E-state index in [1.165, 1.54) is 50.1 Å². The molecule has 200 valence electrons. The molecule has 1 nitrogen and oxygen atoms in total. The Labute approximate surface area is 243 Å². The van der Waals surface area contributed by atoms with Crippen molar-refractivity contribution >= 4 is 0 Å². The lowest BCUT2D eigenvalue weighted by Gasteiger charge is -2.28. The minimum atomic E-state index is -0.225. The van der Waals surface area contributed by atoms with E-state index in [0.29, 0.717) is 5.75 Å².